The molecule has 0 aliphatic rings. The van der Waals surface area contributed by atoms with Gasteiger partial charge in [-0.1, -0.05) is 95.9 Å². The first-order chi connectivity index (χ1) is 11.7. The minimum absolute atomic E-state index is 0.335. The van der Waals surface area contributed by atoms with E-state index >= 15 is 0 Å². The molecule has 1 rings (SSSR count). The summed E-state index contributed by atoms with van der Waals surface area (Å²) in [6.07, 6.45) is 14.1. The van der Waals surface area contributed by atoms with Gasteiger partial charge >= 0.3 is 5.97 Å². The van der Waals surface area contributed by atoms with Crippen molar-refractivity contribution in [2.24, 2.45) is 0 Å². The summed E-state index contributed by atoms with van der Waals surface area (Å²) >= 11 is 0. The lowest BCUT2D eigenvalue weighted by atomic mass is 9.88. The number of hydrogen-bond donors (Lipinski definition) is 1. The fraction of sp³-hybridized carbons (Fsp3) is 0.682. The maximum Gasteiger partial charge on any atom is 0.310 e. The Balaban J connectivity index is 2.46. The predicted molar refractivity (Wildman–Crippen MR) is 103 cm³/mol. The van der Waals surface area contributed by atoms with Crippen molar-refractivity contribution in [1.82, 2.24) is 0 Å². The van der Waals surface area contributed by atoms with Gasteiger partial charge in [-0.25, -0.2) is 0 Å². The summed E-state index contributed by atoms with van der Waals surface area (Å²) < 4.78 is 0. The number of rotatable bonds is 14. The van der Waals surface area contributed by atoms with Crippen LogP contribution in [0.3, 0.4) is 0 Å². The van der Waals surface area contributed by atoms with Crippen molar-refractivity contribution in [2.45, 2.75) is 96.8 Å². The van der Waals surface area contributed by atoms with E-state index in [0.29, 0.717) is 0 Å². The average molecular weight is 333 g/mol. The maximum absolute atomic E-state index is 11.8. The molecule has 1 aromatic carbocycles. The van der Waals surface area contributed by atoms with Crippen LogP contribution in [-0.4, -0.2) is 11.1 Å². The zero-order chi connectivity index (χ0) is 17.6. The molecule has 0 saturated carbocycles. The van der Waals surface area contributed by atoms with E-state index in [0.717, 1.165) is 44.1 Å². The van der Waals surface area contributed by atoms with Crippen molar-refractivity contribution < 1.29 is 9.90 Å². The van der Waals surface area contributed by atoms with Gasteiger partial charge in [0.2, 0.25) is 0 Å². The smallest absolute Gasteiger partial charge is 0.310 e. The van der Waals surface area contributed by atoms with E-state index in [9.17, 15) is 9.90 Å². The molecule has 1 unspecified atom stereocenters. The summed E-state index contributed by atoms with van der Waals surface area (Å²) in [7, 11) is 0. The van der Waals surface area contributed by atoms with Gasteiger partial charge in [-0.3, -0.25) is 4.79 Å². The lowest BCUT2D eigenvalue weighted by Crippen LogP contribution is -2.14. The number of carboxylic acids is 1. The second-order valence-corrected chi connectivity index (χ2v) is 6.96. The Hall–Kier alpha value is -1.31. The summed E-state index contributed by atoms with van der Waals surface area (Å²) in [5.74, 6) is -1.000. The molecule has 0 heterocycles. The van der Waals surface area contributed by atoms with E-state index in [4.69, 9.17) is 0 Å². The SMILES string of the molecule is CCCCCCCCCCC(C(=O)O)c1ccccc1CCCC. The molecule has 0 radical (unpaired) electrons. The Bertz CT molecular complexity index is 453. The highest BCUT2D eigenvalue weighted by Crippen LogP contribution is 2.27. The van der Waals surface area contributed by atoms with E-state index in [1.807, 2.05) is 18.2 Å². The normalized spacial score (nSPS) is 12.2. The summed E-state index contributed by atoms with van der Waals surface area (Å²) in [5.41, 5.74) is 2.27. The van der Waals surface area contributed by atoms with Gasteiger partial charge < -0.3 is 5.11 Å². The molecule has 0 aliphatic heterocycles. The molecular formula is C22H36O2. The second-order valence-electron chi connectivity index (χ2n) is 6.96. The molecule has 0 saturated heterocycles. The van der Waals surface area contributed by atoms with Crippen molar-refractivity contribution in [3.8, 4) is 0 Å². The quantitative estimate of drug-likeness (QED) is 0.383. The van der Waals surface area contributed by atoms with Crippen LogP contribution in [0.15, 0.2) is 24.3 Å². The van der Waals surface area contributed by atoms with Crippen LogP contribution >= 0.6 is 0 Å². The molecule has 0 fully saturated rings. The minimum Gasteiger partial charge on any atom is -0.481 e. The largest absolute Gasteiger partial charge is 0.481 e. The van der Waals surface area contributed by atoms with Crippen LogP contribution in [0.25, 0.3) is 0 Å². The number of benzene rings is 1. The molecule has 1 atom stereocenters. The van der Waals surface area contributed by atoms with Crippen molar-refractivity contribution >= 4 is 5.97 Å². The van der Waals surface area contributed by atoms with Crippen molar-refractivity contribution in [1.29, 1.82) is 0 Å². The van der Waals surface area contributed by atoms with Gasteiger partial charge in [-0.05, 0) is 30.4 Å². The monoisotopic (exact) mass is 332 g/mol. The van der Waals surface area contributed by atoms with Crippen LogP contribution in [0.5, 0.6) is 0 Å². The average Bonchev–Trinajstić information content (AvgIpc) is 2.59. The lowest BCUT2D eigenvalue weighted by molar-refractivity contribution is -0.139. The van der Waals surface area contributed by atoms with E-state index in [-0.39, 0.29) is 5.92 Å². The van der Waals surface area contributed by atoms with Crippen molar-refractivity contribution in [3.05, 3.63) is 35.4 Å². The molecule has 1 N–H and O–H groups in total. The Morgan fingerprint density at radius 2 is 1.46 bits per heavy atom. The zero-order valence-corrected chi connectivity index (χ0v) is 15.7. The third-order valence-corrected chi connectivity index (χ3v) is 4.87. The first kappa shape index (κ1) is 20.7. The summed E-state index contributed by atoms with van der Waals surface area (Å²) in [5, 5.41) is 9.68. The van der Waals surface area contributed by atoms with Gasteiger partial charge in [-0.2, -0.15) is 0 Å². The van der Waals surface area contributed by atoms with Crippen molar-refractivity contribution in [2.75, 3.05) is 0 Å². The molecule has 2 nitrogen and oxygen atoms in total. The molecule has 0 aliphatic carbocycles. The Morgan fingerprint density at radius 1 is 0.875 bits per heavy atom. The van der Waals surface area contributed by atoms with Crippen LogP contribution in [0.2, 0.25) is 0 Å². The molecule has 24 heavy (non-hydrogen) atoms. The van der Waals surface area contributed by atoms with E-state index in [2.05, 4.69) is 19.9 Å². The van der Waals surface area contributed by atoms with Gasteiger partial charge in [0, 0.05) is 0 Å². The zero-order valence-electron chi connectivity index (χ0n) is 15.7. The third-order valence-electron chi connectivity index (χ3n) is 4.87. The third kappa shape index (κ3) is 7.99. The van der Waals surface area contributed by atoms with Crippen molar-refractivity contribution in [3.63, 3.8) is 0 Å². The van der Waals surface area contributed by atoms with E-state index in [1.165, 1.54) is 44.1 Å². The first-order valence-corrected chi connectivity index (χ1v) is 10.0. The van der Waals surface area contributed by atoms with Gasteiger partial charge in [0.25, 0.3) is 0 Å². The first-order valence-electron chi connectivity index (χ1n) is 10.0. The fourth-order valence-electron chi connectivity index (χ4n) is 3.36. The molecule has 0 spiro atoms. The summed E-state index contributed by atoms with van der Waals surface area (Å²) in [6, 6.07) is 8.14. The number of aliphatic carboxylic acids is 1. The number of carboxylic acid groups (broad SMARTS) is 1. The van der Waals surface area contributed by atoms with E-state index in [1.54, 1.807) is 0 Å². The topological polar surface area (TPSA) is 37.3 Å². The van der Waals surface area contributed by atoms with Crippen LogP contribution in [0.1, 0.15) is 102 Å². The van der Waals surface area contributed by atoms with Crippen LogP contribution in [0.4, 0.5) is 0 Å². The Kier molecular flexibility index (Phi) is 11.3. The Morgan fingerprint density at radius 3 is 2.08 bits per heavy atom. The highest BCUT2D eigenvalue weighted by atomic mass is 16.4. The maximum atomic E-state index is 11.8. The predicted octanol–water partition coefficient (Wildman–Crippen LogP) is 6.73. The highest BCUT2D eigenvalue weighted by molar-refractivity contribution is 5.76. The number of unbranched alkanes of at least 4 members (excludes halogenated alkanes) is 8. The molecule has 0 aromatic heterocycles. The lowest BCUT2D eigenvalue weighted by Gasteiger charge is -2.17. The van der Waals surface area contributed by atoms with Gasteiger partial charge in [-0.15, -0.1) is 0 Å². The molecule has 2 heteroatoms. The second kappa shape index (κ2) is 13.0. The van der Waals surface area contributed by atoms with Gasteiger partial charge in [0.15, 0.2) is 0 Å². The number of hydrogen-bond acceptors (Lipinski definition) is 1. The van der Waals surface area contributed by atoms with Gasteiger partial charge in [0.05, 0.1) is 5.92 Å². The molecule has 0 bridgehead atoms. The molecular weight excluding hydrogens is 296 g/mol. The highest BCUT2D eigenvalue weighted by Gasteiger charge is 2.21. The Labute approximate surface area is 148 Å². The van der Waals surface area contributed by atoms with Crippen LogP contribution in [-0.2, 0) is 11.2 Å². The van der Waals surface area contributed by atoms with Gasteiger partial charge in [0.1, 0.15) is 0 Å². The molecule has 0 amide bonds. The molecule has 136 valence electrons. The summed E-state index contributed by atoms with van der Waals surface area (Å²) in [4.78, 5) is 11.8. The van der Waals surface area contributed by atoms with Crippen LogP contribution < -0.4 is 0 Å². The summed E-state index contributed by atoms with van der Waals surface area (Å²) in [6.45, 7) is 4.42. The number of aryl methyl sites for hydroxylation is 1. The van der Waals surface area contributed by atoms with E-state index < -0.39 is 5.97 Å². The molecule has 1 aromatic rings. The minimum atomic E-state index is -0.665. The number of carbonyl (C=O) groups is 1. The fourth-order valence-corrected chi connectivity index (χ4v) is 3.36. The van der Waals surface area contributed by atoms with Crippen LogP contribution in [0, 0.1) is 0 Å². The standard InChI is InChI=1S/C22H36O2/c1-3-5-7-8-9-10-11-12-18-21(22(23)24)20-17-14-13-16-19(20)15-6-4-2/h13-14,16-17,21H,3-12,15,18H2,1-2H3,(H,23,24).